The fourth-order valence-electron chi connectivity index (χ4n) is 4.62. The van der Waals surface area contributed by atoms with Crippen LogP contribution < -0.4 is 4.90 Å². The molecule has 0 radical (unpaired) electrons. The summed E-state index contributed by atoms with van der Waals surface area (Å²) in [5, 5.41) is 0.470. The molecule has 6 heteroatoms. The van der Waals surface area contributed by atoms with Crippen LogP contribution >= 0.6 is 11.6 Å². The first-order valence-corrected chi connectivity index (χ1v) is 11.7. The van der Waals surface area contributed by atoms with Crippen LogP contribution in [-0.4, -0.2) is 54.3 Å². The lowest BCUT2D eigenvalue weighted by Crippen LogP contribution is -2.49. The van der Waals surface area contributed by atoms with Crippen LogP contribution in [0.25, 0.3) is 0 Å². The highest BCUT2D eigenvalue weighted by molar-refractivity contribution is 6.35. The molecule has 0 aromatic heterocycles. The number of nitrogens with zero attached hydrogens (tertiary/aromatic N) is 3. The molecule has 168 valence electrons. The van der Waals surface area contributed by atoms with Crippen LogP contribution in [0.4, 0.5) is 5.69 Å². The average Bonchev–Trinajstić information content (AvgIpc) is 3.21. The largest absolute Gasteiger partial charge is 0.336 e. The van der Waals surface area contributed by atoms with Crippen molar-refractivity contribution < 1.29 is 9.59 Å². The van der Waals surface area contributed by atoms with E-state index in [1.54, 1.807) is 11.0 Å². The molecule has 2 heterocycles. The maximum atomic E-state index is 13.2. The lowest BCUT2D eigenvalue weighted by molar-refractivity contribution is 0.0638. The second-order valence-electron chi connectivity index (χ2n) is 8.59. The van der Waals surface area contributed by atoms with Crippen molar-refractivity contribution in [3.05, 3.63) is 100 Å². The van der Waals surface area contributed by atoms with Gasteiger partial charge in [-0.3, -0.25) is 14.5 Å². The third kappa shape index (κ3) is 4.52. The molecule has 0 bridgehead atoms. The lowest BCUT2D eigenvalue weighted by Gasteiger charge is -2.35. The van der Waals surface area contributed by atoms with Crippen LogP contribution in [0.1, 0.15) is 31.8 Å². The molecule has 3 aromatic carbocycles. The molecular formula is C27H26ClN3O2. The van der Waals surface area contributed by atoms with Gasteiger partial charge < -0.3 is 9.80 Å². The van der Waals surface area contributed by atoms with Gasteiger partial charge >= 0.3 is 0 Å². The Kier molecular flexibility index (Phi) is 6.16. The first kappa shape index (κ1) is 21.7. The Morgan fingerprint density at radius 1 is 0.879 bits per heavy atom. The van der Waals surface area contributed by atoms with Gasteiger partial charge in [0, 0.05) is 44.0 Å². The van der Waals surface area contributed by atoms with Crippen molar-refractivity contribution in [1.82, 2.24) is 9.80 Å². The minimum Gasteiger partial charge on any atom is -0.336 e. The Morgan fingerprint density at radius 3 is 2.39 bits per heavy atom. The molecule has 5 nitrogen and oxygen atoms in total. The summed E-state index contributed by atoms with van der Waals surface area (Å²) in [5.41, 5.74) is 4.14. The van der Waals surface area contributed by atoms with E-state index in [0.29, 0.717) is 35.8 Å². The van der Waals surface area contributed by atoms with E-state index >= 15 is 0 Å². The molecule has 0 aliphatic carbocycles. The average molecular weight is 460 g/mol. The summed E-state index contributed by atoms with van der Waals surface area (Å²) in [6.07, 6.45) is 1.02. The molecule has 0 N–H and O–H groups in total. The van der Waals surface area contributed by atoms with Gasteiger partial charge in [-0.05, 0) is 41.8 Å². The van der Waals surface area contributed by atoms with Crippen molar-refractivity contribution in [1.29, 1.82) is 0 Å². The van der Waals surface area contributed by atoms with Gasteiger partial charge in [0.1, 0.15) is 0 Å². The van der Waals surface area contributed by atoms with Gasteiger partial charge in [-0.1, -0.05) is 60.1 Å². The minimum absolute atomic E-state index is 0.0155. The van der Waals surface area contributed by atoms with Crippen LogP contribution in [0, 0.1) is 0 Å². The molecule has 2 aliphatic heterocycles. The molecule has 5 rings (SSSR count). The summed E-state index contributed by atoms with van der Waals surface area (Å²) in [6, 6.07) is 23.4. The maximum absolute atomic E-state index is 13.2. The smallest absolute Gasteiger partial charge is 0.260 e. The van der Waals surface area contributed by atoms with E-state index in [1.165, 1.54) is 5.56 Å². The molecule has 0 saturated carbocycles. The predicted octanol–water partition coefficient (Wildman–Crippen LogP) is 4.50. The molecule has 2 aliphatic rings. The van der Waals surface area contributed by atoms with E-state index in [-0.39, 0.29) is 11.8 Å². The van der Waals surface area contributed by atoms with Gasteiger partial charge in [0.25, 0.3) is 11.8 Å². The van der Waals surface area contributed by atoms with Gasteiger partial charge in [-0.2, -0.15) is 0 Å². The first-order valence-electron chi connectivity index (χ1n) is 11.3. The van der Waals surface area contributed by atoms with Gasteiger partial charge in [0.05, 0.1) is 17.1 Å². The SMILES string of the molecule is O=C(c1cccc(N2Cc3cccc(Cl)c3C2=O)c1)N1CCN(CCc2ccccc2)CC1. The van der Waals surface area contributed by atoms with E-state index in [0.717, 1.165) is 37.3 Å². The van der Waals surface area contributed by atoms with Gasteiger partial charge in [0.2, 0.25) is 0 Å². The van der Waals surface area contributed by atoms with Crippen LogP contribution in [0.2, 0.25) is 5.02 Å². The van der Waals surface area contributed by atoms with Crippen molar-refractivity contribution in [2.24, 2.45) is 0 Å². The van der Waals surface area contributed by atoms with Crippen LogP contribution in [0.5, 0.6) is 0 Å². The molecular weight excluding hydrogens is 434 g/mol. The molecule has 33 heavy (non-hydrogen) atoms. The summed E-state index contributed by atoms with van der Waals surface area (Å²) in [6.45, 7) is 4.63. The third-order valence-electron chi connectivity index (χ3n) is 6.51. The zero-order chi connectivity index (χ0) is 22.8. The lowest BCUT2D eigenvalue weighted by atomic mass is 10.1. The summed E-state index contributed by atoms with van der Waals surface area (Å²) < 4.78 is 0. The zero-order valence-electron chi connectivity index (χ0n) is 18.4. The highest BCUT2D eigenvalue weighted by atomic mass is 35.5. The molecule has 2 amide bonds. The number of hydrogen-bond acceptors (Lipinski definition) is 3. The fraction of sp³-hybridized carbons (Fsp3) is 0.259. The maximum Gasteiger partial charge on any atom is 0.260 e. The number of benzene rings is 3. The first-order chi connectivity index (χ1) is 16.1. The van der Waals surface area contributed by atoms with E-state index in [2.05, 4.69) is 29.2 Å². The Balaban J connectivity index is 1.21. The van der Waals surface area contributed by atoms with Gasteiger partial charge in [-0.25, -0.2) is 0 Å². The number of hydrogen-bond donors (Lipinski definition) is 0. The van der Waals surface area contributed by atoms with Crippen LogP contribution in [-0.2, 0) is 13.0 Å². The molecule has 0 spiro atoms. The zero-order valence-corrected chi connectivity index (χ0v) is 19.2. The van der Waals surface area contributed by atoms with Crippen LogP contribution in [0.15, 0.2) is 72.8 Å². The summed E-state index contributed by atoms with van der Waals surface area (Å²) >= 11 is 6.26. The van der Waals surface area contributed by atoms with Crippen LogP contribution in [0.3, 0.4) is 0 Å². The Bertz CT molecular complexity index is 1170. The minimum atomic E-state index is -0.118. The monoisotopic (exact) mass is 459 g/mol. The second-order valence-corrected chi connectivity index (χ2v) is 8.99. The molecule has 3 aromatic rings. The summed E-state index contributed by atoms with van der Waals surface area (Å²) in [5.74, 6) is -0.103. The number of piperazine rings is 1. The highest BCUT2D eigenvalue weighted by Crippen LogP contribution is 2.33. The van der Waals surface area contributed by atoms with Gasteiger partial charge in [0.15, 0.2) is 0 Å². The van der Waals surface area contributed by atoms with E-state index in [4.69, 9.17) is 11.6 Å². The van der Waals surface area contributed by atoms with Gasteiger partial charge in [-0.15, -0.1) is 0 Å². The van der Waals surface area contributed by atoms with Crippen molar-refractivity contribution in [3.63, 3.8) is 0 Å². The number of anilines is 1. The summed E-state index contributed by atoms with van der Waals surface area (Å²) in [7, 11) is 0. The van der Waals surface area contributed by atoms with Crippen molar-refractivity contribution in [3.8, 4) is 0 Å². The van der Waals surface area contributed by atoms with Crippen molar-refractivity contribution >= 4 is 29.1 Å². The highest BCUT2D eigenvalue weighted by Gasteiger charge is 2.31. The Morgan fingerprint density at radius 2 is 1.64 bits per heavy atom. The number of rotatable bonds is 5. The van der Waals surface area contributed by atoms with E-state index in [9.17, 15) is 9.59 Å². The number of halogens is 1. The number of fused-ring (bicyclic) bond motifs is 1. The standard InChI is InChI=1S/C27H26ClN3O2/c28-24-11-5-9-22-19-31(27(33)25(22)24)23-10-4-8-21(18-23)26(32)30-16-14-29(15-17-30)13-12-20-6-2-1-3-7-20/h1-11,18H,12-17,19H2. The molecule has 1 fully saturated rings. The quantitative estimate of drug-likeness (QED) is 0.564. The normalized spacial score (nSPS) is 16.2. The molecule has 1 saturated heterocycles. The predicted molar refractivity (Wildman–Crippen MR) is 131 cm³/mol. The topological polar surface area (TPSA) is 43.9 Å². The third-order valence-corrected chi connectivity index (χ3v) is 6.83. The molecule has 0 atom stereocenters. The number of amides is 2. The molecule has 0 unspecified atom stereocenters. The van der Waals surface area contributed by atoms with Crippen molar-refractivity contribution in [2.45, 2.75) is 13.0 Å². The number of carbonyl (C=O) groups is 2. The Hall–Kier alpha value is -3.15. The Labute approximate surface area is 199 Å². The van der Waals surface area contributed by atoms with Crippen molar-refractivity contribution in [2.75, 3.05) is 37.6 Å². The van der Waals surface area contributed by atoms with E-state index < -0.39 is 0 Å². The second kappa shape index (κ2) is 9.38. The number of carbonyl (C=O) groups excluding carboxylic acids is 2. The fourth-order valence-corrected chi connectivity index (χ4v) is 4.90. The van der Waals surface area contributed by atoms with E-state index in [1.807, 2.05) is 47.4 Å². The summed E-state index contributed by atoms with van der Waals surface area (Å²) in [4.78, 5) is 32.1.